The Morgan fingerprint density at radius 3 is 2.40 bits per heavy atom. The molecule has 1 aromatic rings. The molecule has 0 aromatic heterocycles. The zero-order chi connectivity index (χ0) is 14.8. The molecule has 0 spiro atoms. The minimum Gasteiger partial charge on any atom is -0.368 e. The molecule has 110 valence electrons. The van der Waals surface area contributed by atoms with Crippen LogP contribution >= 0.6 is 0 Å². The van der Waals surface area contributed by atoms with Gasteiger partial charge in [0.15, 0.2) is 0 Å². The Morgan fingerprint density at radius 2 is 1.80 bits per heavy atom. The van der Waals surface area contributed by atoms with Crippen molar-refractivity contribution in [2.24, 2.45) is 11.5 Å². The smallest absolute Gasteiger partial charge is 0.240 e. The second-order valence-electron chi connectivity index (χ2n) is 4.81. The summed E-state index contributed by atoms with van der Waals surface area (Å²) in [5.74, 6) is -0.647. The van der Waals surface area contributed by atoms with Crippen LogP contribution in [0.4, 0.5) is 0 Å². The average Bonchev–Trinajstić information content (AvgIpc) is 2.44. The fourth-order valence-electron chi connectivity index (χ4n) is 1.95. The van der Waals surface area contributed by atoms with Gasteiger partial charge < -0.3 is 16.8 Å². The number of unbranched alkanes of at least 4 members (excludes halogenated alkanes) is 2. The Morgan fingerprint density at radius 1 is 1.10 bits per heavy atom. The Labute approximate surface area is 119 Å². The molecule has 5 nitrogen and oxygen atoms in total. The summed E-state index contributed by atoms with van der Waals surface area (Å²) in [4.78, 5) is 23.2. The summed E-state index contributed by atoms with van der Waals surface area (Å²) in [6.45, 7) is 0.638. The van der Waals surface area contributed by atoms with Crippen molar-refractivity contribution in [3.8, 4) is 0 Å². The maximum atomic E-state index is 11.8. The molecule has 2 amide bonds. The fraction of sp³-hybridized carbons (Fsp3) is 0.467. The first kappa shape index (κ1) is 16.2. The van der Waals surface area contributed by atoms with Gasteiger partial charge in [-0.2, -0.15) is 0 Å². The molecule has 1 aromatic carbocycles. The monoisotopic (exact) mass is 277 g/mol. The summed E-state index contributed by atoms with van der Waals surface area (Å²) in [6, 6.07) is 8.84. The molecule has 0 fully saturated rings. The highest BCUT2D eigenvalue weighted by Gasteiger charge is 2.18. The molecule has 0 aliphatic carbocycles. The first-order chi connectivity index (χ1) is 9.63. The van der Waals surface area contributed by atoms with E-state index >= 15 is 0 Å². The minimum atomic E-state index is -0.653. The number of rotatable bonds is 9. The topological polar surface area (TPSA) is 98.2 Å². The summed E-state index contributed by atoms with van der Waals surface area (Å²) in [5, 5.41) is 2.70. The van der Waals surface area contributed by atoms with Crippen molar-refractivity contribution in [3.63, 3.8) is 0 Å². The van der Waals surface area contributed by atoms with Crippen molar-refractivity contribution >= 4 is 11.8 Å². The second-order valence-corrected chi connectivity index (χ2v) is 4.81. The van der Waals surface area contributed by atoms with Gasteiger partial charge in [0.25, 0.3) is 0 Å². The lowest BCUT2D eigenvalue weighted by atomic mass is 10.1. The number of carbonyl (C=O) groups is 2. The van der Waals surface area contributed by atoms with Crippen molar-refractivity contribution in [1.82, 2.24) is 5.32 Å². The maximum absolute atomic E-state index is 11.8. The number of nitrogens with two attached hydrogens (primary N) is 2. The lowest BCUT2D eigenvalue weighted by Crippen LogP contribution is -2.45. The number of amides is 2. The van der Waals surface area contributed by atoms with Crippen LogP contribution in [0.25, 0.3) is 0 Å². The van der Waals surface area contributed by atoms with Gasteiger partial charge in [-0.15, -0.1) is 0 Å². The third-order valence-corrected chi connectivity index (χ3v) is 3.07. The molecule has 0 unspecified atom stereocenters. The zero-order valence-electron chi connectivity index (χ0n) is 11.7. The molecule has 0 saturated heterocycles. The largest absolute Gasteiger partial charge is 0.368 e. The molecule has 5 heteroatoms. The van der Waals surface area contributed by atoms with E-state index in [-0.39, 0.29) is 5.91 Å². The molecule has 1 atom stereocenters. The first-order valence-corrected chi connectivity index (χ1v) is 6.96. The number of primary amides is 1. The summed E-state index contributed by atoms with van der Waals surface area (Å²) >= 11 is 0. The molecule has 0 radical (unpaired) electrons. The number of hydrogen-bond acceptors (Lipinski definition) is 3. The summed E-state index contributed by atoms with van der Waals surface area (Å²) in [5.41, 5.74) is 11.7. The van der Waals surface area contributed by atoms with E-state index in [4.69, 9.17) is 11.5 Å². The highest BCUT2D eigenvalue weighted by atomic mass is 16.2. The molecule has 0 heterocycles. The third kappa shape index (κ3) is 6.33. The lowest BCUT2D eigenvalue weighted by molar-refractivity contribution is -0.127. The van der Waals surface area contributed by atoms with Crippen LogP contribution in [0.1, 0.15) is 31.2 Å². The number of carbonyl (C=O) groups excluding carboxylic acids is 2. The predicted octanol–water partition coefficient (Wildman–Crippen LogP) is 0.718. The minimum absolute atomic E-state index is 0.137. The fourth-order valence-corrected chi connectivity index (χ4v) is 1.95. The molecule has 20 heavy (non-hydrogen) atoms. The summed E-state index contributed by atoms with van der Waals surface area (Å²) in [6.07, 6.45) is 3.43. The summed E-state index contributed by atoms with van der Waals surface area (Å²) in [7, 11) is 0. The van der Waals surface area contributed by atoms with Crippen molar-refractivity contribution in [2.75, 3.05) is 6.54 Å². The summed E-state index contributed by atoms with van der Waals surface area (Å²) < 4.78 is 0. The van der Waals surface area contributed by atoms with E-state index in [9.17, 15) is 9.59 Å². The Balaban J connectivity index is 2.43. The van der Waals surface area contributed by atoms with E-state index < -0.39 is 11.9 Å². The normalized spacial score (nSPS) is 11.8. The van der Waals surface area contributed by atoms with Crippen LogP contribution in [0.15, 0.2) is 30.3 Å². The van der Waals surface area contributed by atoms with E-state index in [1.54, 1.807) is 0 Å². The van der Waals surface area contributed by atoms with Crippen molar-refractivity contribution in [1.29, 1.82) is 0 Å². The molecule has 0 aliphatic heterocycles. The SMILES string of the molecule is NCCCCCC(=O)N[C@@H](Cc1ccccc1)C(N)=O. The van der Waals surface area contributed by atoms with Crippen LogP contribution in [-0.4, -0.2) is 24.4 Å². The Bertz CT molecular complexity index is 420. The highest BCUT2D eigenvalue weighted by Crippen LogP contribution is 2.04. The van der Waals surface area contributed by atoms with Crippen LogP contribution in [0.2, 0.25) is 0 Å². The lowest BCUT2D eigenvalue weighted by Gasteiger charge is -2.15. The van der Waals surface area contributed by atoms with Gasteiger partial charge >= 0.3 is 0 Å². The van der Waals surface area contributed by atoms with Crippen LogP contribution in [0, 0.1) is 0 Å². The van der Waals surface area contributed by atoms with Gasteiger partial charge in [0.2, 0.25) is 11.8 Å². The van der Waals surface area contributed by atoms with Crippen LogP contribution < -0.4 is 16.8 Å². The van der Waals surface area contributed by atoms with E-state index in [2.05, 4.69) is 5.32 Å². The molecular weight excluding hydrogens is 254 g/mol. The van der Waals surface area contributed by atoms with Crippen molar-refractivity contribution in [3.05, 3.63) is 35.9 Å². The quantitative estimate of drug-likeness (QED) is 0.580. The van der Waals surface area contributed by atoms with Crippen LogP contribution in [-0.2, 0) is 16.0 Å². The molecule has 0 aliphatic rings. The van der Waals surface area contributed by atoms with E-state index in [0.29, 0.717) is 19.4 Å². The molecule has 5 N–H and O–H groups in total. The average molecular weight is 277 g/mol. The zero-order valence-corrected chi connectivity index (χ0v) is 11.7. The van der Waals surface area contributed by atoms with Crippen LogP contribution in [0.3, 0.4) is 0 Å². The van der Waals surface area contributed by atoms with Gasteiger partial charge in [-0.3, -0.25) is 9.59 Å². The first-order valence-electron chi connectivity index (χ1n) is 6.96. The van der Waals surface area contributed by atoms with Gasteiger partial charge in [-0.1, -0.05) is 36.8 Å². The molecule has 0 saturated carbocycles. The second kappa shape index (κ2) is 9.09. The number of nitrogens with one attached hydrogen (secondary N) is 1. The van der Waals surface area contributed by atoms with Gasteiger partial charge in [0, 0.05) is 12.8 Å². The van der Waals surface area contributed by atoms with Crippen molar-refractivity contribution in [2.45, 2.75) is 38.1 Å². The standard InChI is InChI=1S/C15H23N3O2/c16-10-6-2-5-9-14(19)18-13(15(17)20)11-12-7-3-1-4-8-12/h1,3-4,7-8,13H,2,5-6,9-11,16H2,(H2,17,20)(H,18,19)/t13-/m0/s1. The van der Waals surface area contributed by atoms with E-state index in [0.717, 1.165) is 24.8 Å². The van der Waals surface area contributed by atoms with Gasteiger partial charge in [0.1, 0.15) is 6.04 Å². The van der Waals surface area contributed by atoms with Crippen LogP contribution in [0.5, 0.6) is 0 Å². The predicted molar refractivity (Wildman–Crippen MR) is 78.8 cm³/mol. The maximum Gasteiger partial charge on any atom is 0.240 e. The molecular formula is C15H23N3O2. The third-order valence-electron chi connectivity index (χ3n) is 3.07. The van der Waals surface area contributed by atoms with E-state index in [1.165, 1.54) is 0 Å². The Kier molecular flexibility index (Phi) is 7.35. The Hall–Kier alpha value is -1.88. The molecule has 1 rings (SSSR count). The molecule has 0 bridgehead atoms. The van der Waals surface area contributed by atoms with Crippen molar-refractivity contribution < 1.29 is 9.59 Å². The highest BCUT2D eigenvalue weighted by molar-refractivity contribution is 5.86. The number of hydrogen-bond donors (Lipinski definition) is 3. The van der Waals surface area contributed by atoms with E-state index in [1.807, 2.05) is 30.3 Å². The van der Waals surface area contributed by atoms with Gasteiger partial charge in [-0.25, -0.2) is 0 Å². The van der Waals surface area contributed by atoms with Gasteiger partial charge in [-0.05, 0) is 24.9 Å². The number of benzene rings is 1. The van der Waals surface area contributed by atoms with Gasteiger partial charge in [0.05, 0.1) is 0 Å².